The van der Waals surface area contributed by atoms with Gasteiger partial charge in [-0.3, -0.25) is 0 Å². The molecule has 3 unspecified atom stereocenters. The summed E-state index contributed by atoms with van der Waals surface area (Å²) in [6.07, 6.45) is 5.57. The van der Waals surface area contributed by atoms with E-state index in [9.17, 15) is 0 Å². The lowest BCUT2D eigenvalue weighted by Gasteiger charge is -2.34. The van der Waals surface area contributed by atoms with Crippen LogP contribution in [0.3, 0.4) is 0 Å². The fraction of sp³-hybridized carbons (Fsp3) is 0.647. The molecule has 94 valence electrons. The highest BCUT2D eigenvalue weighted by Crippen LogP contribution is 2.40. The Morgan fingerprint density at radius 3 is 2.47 bits per heavy atom. The summed E-state index contributed by atoms with van der Waals surface area (Å²) in [5.41, 5.74) is 4.45. The molecule has 1 aliphatic carbocycles. The van der Waals surface area contributed by atoms with Crippen molar-refractivity contribution in [1.29, 1.82) is 0 Å². The van der Waals surface area contributed by atoms with Crippen molar-refractivity contribution < 1.29 is 0 Å². The van der Waals surface area contributed by atoms with Gasteiger partial charge in [0.15, 0.2) is 0 Å². The van der Waals surface area contributed by atoms with Crippen LogP contribution in [0.4, 0.5) is 0 Å². The molecule has 0 saturated heterocycles. The molecular weight excluding hydrogens is 204 g/mol. The lowest BCUT2D eigenvalue weighted by atomic mass is 9.71. The van der Waals surface area contributed by atoms with Crippen molar-refractivity contribution in [2.75, 3.05) is 0 Å². The van der Waals surface area contributed by atoms with E-state index in [0.29, 0.717) is 0 Å². The third kappa shape index (κ3) is 2.73. The summed E-state index contributed by atoms with van der Waals surface area (Å²) >= 11 is 0. The smallest absolute Gasteiger partial charge is 0.0159 e. The van der Waals surface area contributed by atoms with E-state index in [1.807, 2.05) is 0 Å². The summed E-state index contributed by atoms with van der Waals surface area (Å²) in [6.45, 7) is 9.23. The predicted octanol–water partition coefficient (Wildman–Crippen LogP) is 5.23. The first-order valence-electron chi connectivity index (χ1n) is 7.19. The second-order valence-corrected chi connectivity index (χ2v) is 6.00. The van der Waals surface area contributed by atoms with E-state index in [-0.39, 0.29) is 0 Å². The Labute approximate surface area is 106 Å². The van der Waals surface area contributed by atoms with E-state index in [1.165, 1.54) is 36.8 Å². The molecule has 1 aliphatic rings. The summed E-state index contributed by atoms with van der Waals surface area (Å²) in [5, 5.41) is 0. The standard InChI is InChI=1S/C17H26/c1-5-15-8-9-17(11-14(15)4)16-7-6-12(2)13(3)10-16/h6-7,10,14-15,17H,5,8-9,11H2,1-4H3. The van der Waals surface area contributed by atoms with Crippen LogP contribution in [0.25, 0.3) is 0 Å². The molecule has 1 saturated carbocycles. The van der Waals surface area contributed by atoms with E-state index < -0.39 is 0 Å². The minimum Gasteiger partial charge on any atom is -0.0651 e. The Kier molecular flexibility index (Phi) is 3.91. The molecule has 2 rings (SSSR count). The van der Waals surface area contributed by atoms with Gasteiger partial charge >= 0.3 is 0 Å². The summed E-state index contributed by atoms with van der Waals surface area (Å²) < 4.78 is 0. The number of aryl methyl sites for hydroxylation is 2. The number of hydrogen-bond donors (Lipinski definition) is 0. The normalized spacial score (nSPS) is 29.3. The van der Waals surface area contributed by atoms with Gasteiger partial charge in [-0.1, -0.05) is 38.5 Å². The van der Waals surface area contributed by atoms with Crippen LogP contribution < -0.4 is 0 Å². The van der Waals surface area contributed by atoms with Gasteiger partial charge in [-0.2, -0.15) is 0 Å². The highest BCUT2D eigenvalue weighted by molar-refractivity contribution is 5.32. The van der Waals surface area contributed by atoms with Gasteiger partial charge in [0.1, 0.15) is 0 Å². The SMILES string of the molecule is CCC1CCC(c2ccc(C)c(C)c2)CC1C. The summed E-state index contributed by atoms with van der Waals surface area (Å²) in [4.78, 5) is 0. The van der Waals surface area contributed by atoms with E-state index in [0.717, 1.165) is 17.8 Å². The van der Waals surface area contributed by atoms with Gasteiger partial charge in [0, 0.05) is 0 Å². The molecule has 0 heteroatoms. The molecule has 0 spiro atoms. The Balaban J connectivity index is 2.11. The van der Waals surface area contributed by atoms with Crippen LogP contribution in [0, 0.1) is 25.7 Å². The molecule has 1 fully saturated rings. The van der Waals surface area contributed by atoms with Gasteiger partial charge in [0.25, 0.3) is 0 Å². The highest BCUT2D eigenvalue weighted by Gasteiger charge is 2.27. The van der Waals surface area contributed by atoms with Gasteiger partial charge in [-0.25, -0.2) is 0 Å². The third-order valence-electron chi connectivity index (χ3n) is 4.87. The maximum Gasteiger partial charge on any atom is -0.0159 e. The van der Waals surface area contributed by atoms with Gasteiger partial charge < -0.3 is 0 Å². The van der Waals surface area contributed by atoms with Crippen LogP contribution in [0.1, 0.15) is 62.1 Å². The van der Waals surface area contributed by atoms with Crippen molar-refractivity contribution in [3.05, 3.63) is 34.9 Å². The molecule has 1 aromatic rings. The van der Waals surface area contributed by atoms with Crippen molar-refractivity contribution in [2.24, 2.45) is 11.8 Å². The quantitative estimate of drug-likeness (QED) is 0.652. The molecule has 0 nitrogen and oxygen atoms in total. The third-order valence-corrected chi connectivity index (χ3v) is 4.87. The molecule has 17 heavy (non-hydrogen) atoms. The monoisotopic (exact) mass is 230 g/mol. The maximum atomic E-state index is 2.45. The Morgan fingerprint density at radius 2 is 1.88 bits per heavy atom. The molecule has 0 aliphatic heterocycles. The molecule has 1 aromatic carbocycles. The Morgan fingerprint density at radius 1 is 1.12 bits per heavy atom. The molecule has 0 aromatic heterocycles. The number of hydrogen-bond acceptors (Lipinski definition) is 0. The molecule has 0 N–H and O–H groups in total. The van der Waals surface area contributed by atoms with Crippen LogP contribution in [-0.2, 0) is 0 Å². The summed E-state index contributed by atoms with van der Waals surface area (Å²) in [5.74, 6) is 2.69. The average Bonchev–Trinajstić information content (AvgIpc) is 2.32. The van der Waals surface area contributed by atoms with Crippen molar-refractivity contribution >= 4 is 0 Å². The van der Waals surface area contributed by atoms with E-state index in [2.05, 4.69) is 45.9 Å². The molecule has 3 atom stereocenters. The van der Waals surface area contributed by atoms with Gasteiger partial charge in [-0.15, -0.1) is 0 Å². The largest absolute Gasteiger partial charge is 0.0651 e. The fourth-order valence-electron chi connectivity index (χ4n) is 3.39. The van der Waals surface area contributed by atoms with Crippen molar-refractivity contribution in [2.45, 2.75) is 59.3 Å². The minimum absolute atomic E-state index is 0.812. The van der Waals surface area contributed by atoms with Crippen LogP contribution in [0.5, 0.6) is 0 Å². The van der Waals surface area contributed by atoms with Crippen LogP contribution in [-0.4, -0.2) is 0 Å². The van der Waals surface area contributed by atoms with Crippen molar-refractivity contribution in [1.82, 2.24) is 0 Å². The van der Waals surface area contributed by atoms with Crippen molar-refractivity contribution in [3.8, 4) is 0 Å². The molecular formula is C17H26. The summed E-state index contributed by atoms with van der Waals surface area (Å²) in [7, 11) is 0. The highest BCUT2D eigenvalue weighted by atomic mass is 14.3. The molecule has 0 bridgehead atoms. The number of benzene rings is 1. The number of rotatable bonds is 2. The maximum absolute atomic E-state index is 2.45. The zero-order valence-electron chi connectivity index (χ0n) is 11.8. The first kappa shape index (κ1) is 12.7. The Hall–Kier alpha value is -0.780. The first-order valence-corrected chi connectivity index (χ1v) is 7.19. The first-order chi connectivity index (χ1) is 8.11. The Bertz CT molecular complexity index is 378. The van der Waals surface area contributed by atoms with Crippen LogP contribution in [0.15, 0.2) is 18.2 Å². The zero-order valence-corrected chi connectivity index (χ0v) is 11.8. The predicted molar refractivity (Wildman–Crippen MR) is 75.5 cm³/mol. The van der Waals surface area contributed by atoms with E-state index >= 15 is 0 Å². The topological polar surface area (TPSA) is 0 Å². The second kappa shape index (κ2) is 5.25. The average molecular weight is 230 g/mol. The van der Waals surface area contributed by atoms with E-state index in [4.69, 9.17) is 0 Å². The lowest BCUT2D eigenvalue weighted by Crippen LogP contribution is -2.21. The minimum atomic E-state index is 0.812. The van der Waals surface area contributed by atoms with Gasteiger partial charge in [0.2, 0.25) is 0 Å². The van der Waals surface area contributed by atoms with Gasteiger partial charge in [-0.05, 0) is 67.6 Å². The molecule has 0 heterocycles. The lowest BCUT2D eigenvalue weighted by molar-refractivity contribution is 0.226. The van der Waals surface area contributed by atoms with Crippen LogP contribution in [0.2, 0.25) is 0 Å². The molecule has 0 amide bonds. The molecule has 0 radical (unpaired) electrons. The van der Waals surface area contributed by atoms with E-state index in [1.54, 1.807) is 5.56 Å². The zero-order chi connectivity index (χ0) is 12.4. The second-order valence-electron chi connectivity index (χ2n) is 6.00. The van der Waals surface area contributed by atoms with Crippen molar-refractivity contribution in [3.63, 3.8) is 0 Å². The summed E-state index contributed by atoms with van der Waals surface area (Å²) in [6, 6.07) is 7.06. The fourth-order valence-corrected chi connectivity index (χ4v) is 3.39. The van der Waals surface area contributed by atoms with Gasteiger partial charge in [0.05, 0.1) is 0 Å². The van der Waals surface area contributed by atoms with Crippen LogP contribution >= 0.6 is 0 Å².